The zero-order chi connectivity index (χ0) is 50.0. The second kappa shape index (κ2) is 58.5. The molecule has 406 valence electrons. The largest absolute Gasteiger partial charge is 0.462 e. The third-order valence-corrected chi connectivity index (χ3v) is 13.9. The van der Waals surface area contributed by atoms with Gasteiger partial charge in [0.2, 0.25) is 0 Å². The van der Waals surface area contributed by atoms with Crippen LogP contribution < -0.4 is 0 Å². The third-order valence-electron chi connectivity index (χ3n) is 13.9. The summed E-state index contributed by atoms with van der Waals surface area (Å²) in [6.07, 6.45) is 68.9. The molecule has 0 N–H and O–H groups in total. The molecular weight excluding hydrogens is 853 g/mol. The number of hydrogen-bond acceptors (Lipinski definition) is 6. The van der Waals surface area contributed by atoms with Gasteiger partial charge in [-0.2, -0.15) is 0 Å². The number of carbonyl (C=O) groups excluding carboxylic acids is 3. The quantitative estimate of drug-likeness (QED) is 0.0261. The molecule has 0 aliphatic rings. The molecule has 0 aliphatic heterocycles. The predicted molar refractivity (Wildman–Crippen MR) is 298 cm³/mol. The van der Waals surface area contributed by atoms with Gasteiger partial charge in [-0.3, -0.25) is 14.4 Å². The minimum absolute atomic E-state index is 0.0716. The minimum atomic E-state index is -0.773. The third kappa shape index (κ3) is 56.7. The predicted octanol–water partition coefficient (Wildman–Crippen LogP) is 20.7. The summed E-state index contributed by atoms with van der Waals surface area (Å²) in [6.45, 7) is 6.68. The Morgan fingerprint density at radius 3 is 0.725 bits per heavy atom. The molecule has 0 bridgehead atoms. The first kappa shape index (κ1) is 66.9. The SMILES string of the molecule is CCCCCCCC/C=C\CCCCCCCC(=O)OC[C@H](COC(=O)CCCCCCCCC/C=C\CCCCCCCCCC)OC(=O)CCCCCCCCCCCCCCCCCCC. The lowest BCUT2D eigenvalue weighted by atomic mass is 10.0. The van der Waals surface area contributed by atoms with Crippen molar-refractivity contribution in [1.29, 1.82) is 0 Å². The van der Waals surface area contributed by atoms with Crippen LogP contribution in [0.4, 0.5) is 0 Å². The Morgan fingerprint density at radius 1 is 0.275 bits per heavy atom. The highest BCUT2D eigenvalue weighted by Gasteiger charge is 2.19. The Bertz CT molecular complexity index is 1110. The zero-order valence-electron chi connectivity index (χ0n) is 46.6. The number of carbonyl (C=O) groups is 3. The maximum absolute atomic E-state index is 12.9. The molecule has 0 unspecified atom stereocenters. The smallest absolute Gasteiger partial charge is 0.306 e. The first-order valence-corrected chi connectivity index (χ1v) is 30.8. The standard InChI is InChI=1S/C63H118O6/c1-4-7-10-13-16-19-22-25-28-30-31-33-35-38-41-44-47-50-53-56-62(65)68-59-60(58-67-61(64)55-52-49-46-43-40-37-34-27-24-21-18-15-12-9-6-3)69-63(66)57-54-51-48-45-42-39-36-32-29-26-23-20-17-14-11-8-5-2/h27,30-31,34,60H,4-26,28-29,32-33,35-59H2,1-3H3/b31-30-,34-27-/t60-/m1/s1. The second-order valence-electron chi connectivity index (χ2n) is 21.0. The van der Waals surface area contributed by atoms with Gasteiger partial charge in [0.25, 0.3) is 0 Å². The van der Waals surface area contributed by atoms with Crippen molar-refractivity contribution >= 4 is 17.9 Å². The molecule has 1 atom stereocenters. The fraction of sp³-hybridized carbons (Fsp3) is 0.889. The average Bonchev–Trinajstić information content (AvgIpc) is 3.35. The summed E-state index contributed by atoms with van der Waals surface area (Å²) >= 11 is 0. The summed E-state index contributed by atoms with van der Waals surface area (Å²) in [5.74, 6) is -0.860. The van der Waals surface area contributed by atoms with Crippen LogP contribution in [-0.4, -0.2) is 37.2 Å². The van der Waals surface area contributed by atoms with Crippen LogP contribution in [0.5, 0.6) is 0 Å². The lowest BCUT2D eigenvalue weighted by molar-refractivity contribution is -0.167. The van der Waals surface area contributed by atoms with Crippen molar-refractivity contribution in [3.63, 3.8) is 0 Å². The second-order valence-corrected chi connectivity index (χ2v) is 21.0. The molecule has 6 nitrogen and oxygen atoms in total. The Hall–Kier alpha value is -2.11. The Kier molecular flexibility index (Phi) is 56.7. The van der Waals surface area contributed by atoms with Crippen molar-refractivity contribution in [3.05, 3.63) is 24.3 Å². The first-order chi connectivity index (χ1) is 34.0. The molecular formula is C63H118O6. The normalized spacial score (nSPS) is 12.1. The topological polar surface area (TPSA) is 78.9 Å². The summed E-state index contributed by atoms with van der Waals surface area (Å²) in [5.41, 5.74) is 0. The van der Waals surface area contributed by atoms with Gasteiger partial charge in [-0.1, -0.05) is 276 Å². The van der Waals surface area contributed by atoms with Crippen LogP contribution in [0.25, 0.3) is 0 Å². The first-order valence-electron chi connectivity index (χ1n) is 30.8. The van der Waals surface area contributed by atoms with Crippen molar-refractivity contribution in [1.82, 2.24) is 0 Å². The molecule has 0 aromatic heterocycles. The molecule has 0 fully saturated rings. The van der Waals surface area contributed by atoms with Crippen molar-refractivity contribution in [3.8, 4) is 0 Å². The van der Waals surface area contributed by atoms with Crippen molar-refractivity contribution < 1.29 is 28.6 Å². The minimum Gasteiger partial charge on any atom is -0.462 e. The molecule has 0 saturated heterocycles. The molecule has 0 aliphatic carbocycles. The van der Waals surface area contributed by atoms with Gasteiger partial charge in [-0.15, -0.1) is 0 Å². The molecule has 0 rings (SSSR count). The van der Waals surface area contributed by atoms with Crippen LogP contribution in [0.2, 0.25) is 0 Å². The van der Waals surface area contributed by atoms with Crippen LogP contribution in [0.1, 0.15) is 342 Å². The number of allylic oxidation sites excluding steroid dienone is 4. The van der Waals surface area contributed by atoms with Gasteiger partial charge in [-0.25, -0.2) is 0 Å². The molecule has 0 amide bonds. The lowest BCUT2D eigenvalue weighted by Gasteiger charge is -2.18. The molecule has 69 heavy (non-hydrogen) atoms. The molecule has 0 radical (unpaired) electrons. The Balaban J connectivity index is 4.33. The maximum atomic E-state index is 12.9. The highest BCUT2D eigenvalue weighted by Crippen LogP contribution is 2.17. The van der Waals surface area contributed by atoms with Crippen LogP contribution in [0.3, 0.4) is 0 Å². The van der Waals surface area contributed by atoms with Gasteiger partial charge in [0, 0.05) is 19.3 Å². The molecule has 0 aromatic rings. The van der Waals surface area contributed by atoms with Crippen molar-refractivity contribution in [2.24, 2.45) is 0 Å². The van der Waals surface area contributed by atoms with E-state index in [0.717, 1.165) is 64.2 Å². The molecule has 0 aromatic carbocycles. The van der Waals surface area contributed by atoms with Crippen LogP contribution in [0, 0.1) is 0 Å². The molecule has 6 heteroatoms. The highest BCUT2D eigenvalue weighted by atomic mass is 16.6. The highest BCUT2D eigenvalue weighted by molar-refractivity contribution is 5.71. The van der Waals surface area contributed by atoms with E-state index in [-0.39, 0.29) is 31.1 Å². The van der Waals surface area contributed by atoms with Gasteiger partial charge >= 0.3 is 17.9 Å². The number of ether oxygens (including phenoxy) is 3. The molecule has 0 saturated carbocycles. The summed E-state index contributed by atoms with van der Waals surface area (Å²) in [5, 5.41) is 0. The van der Waals surface area contributed by atoms with E-state index in [9.17, 15) is 14.4 Å². The Morgan fingerprint density at radius 2 is 0.478 bits per heavy atom. The van der Waals surface area contributed by atoms with Gasteiger partial charge in [-0.05, 0) is 70.6 Å². The zero-order valence-corrected chi connectivity index (χ0v) is 46.6. The van der Waals surface area contributed by atoms with E-state index in [1.54, 1.807) is 0 Å². The van der Waals surface area contributed by atoms with Crippen molar-refractivity contribution in [2.75, 3.05) is 13.2 Å². The summed E-state index contributed by atoms with van der Waals surface area (Å²) in [6, 6.07) is 0. The van der Waals surface area contributed by atoms with Gasteiger partial charge < -0.3 is 14.2 Å². The summed E-state index contributed by atoms with van der Waals surface area (Å²) in [4.78, 5) is 38.2. The van der Waals surface area contributed by atoms with Crippen LogP contribution in [0.15, 0.2) is 24.3 Å². The van der Waals surface area contributed by atoms with E-state index < -0.39 is 6.10 Å². The fourth-order valence-electron chi connectivity index (χ4n) is 9.26. The number of unbranched alkanes of at least 4 members (excludes halogenated alkanes) is 42. The van der Waals surface area contributed by atoms with E-state index in [4.69, 9.17) is 14.2 Å². The summed E-state index contributed by atoms with van der Waals surface area (Å²) in [7, 11) is 0. The average molecular weight is 972 g/mol. The van der Waals surface area contributed by atoms with E-state index in [1.807, 2.05) is 0 Å². The van der Waals surface area contributed by atoms with Gasteiger partial charge in [0.15, 0.2) is 6.10 Å². The number of rotatable bonds is 57. The Labute approximate surface area is 430 Å². The number of esters is 3. The molecule has 0 spiro atoms. The fourth-order valence-corrected chi connectivity index (χ4v) is 9.26. The lowest BCUT2D eigenvalue weighted by Crippen LogP contribution is -2.30. The van der Waals surface area contributed by atoms with E-state index in [2.05, 4.69) is 45.1 Å². The van der Waals surface area contributed by atoms with Crippen LogP contribution in [-0.2, 0) is 28.6 Å². The molecule has 0 heterocycles. The van der Waals surface area contributed by atoms with E-state index in [1.165, 1.54) is 238 Å². The van der Waals surface area contributed by atoms with Gasteiger partial charge in [0.1, 0.15) is 13.2 Å². The van der Waals surface area contributed by atoms with Crippen LogP contribution >= 0.6 is 0 Å². The van der Waals surface area contributed by atoms with Gasteiger partial charge in [0.05, 0.1) is 0 Å². The number of hydrogen-bond donors (Lipinski definition) is 0. The monoisotopic (exact) mass is 971 g/mol. The van der Waals surface area contributed by atoms with E-state index >= 15 is 0 Å². The maximum Gasteiger partial charge on any atom is 0.306 e. The van der Waals surface area contributed by atoms with Crippen molar-refractivity contribution in [2.45, 2.75) is 348 Å². The summed E-state index contributed by atoms with van der Waals surface area (Å²) < 4.78 is 16.9. The van der Waals surface area contributed by atoms with E-state index in [0.29, 0.717) is 19.3 Å².